The second-order valence-corrected chi connectivity index (χ2v) is 22.1. The molecule has 228 valence electrons. The maximum absolute atomic E-state index is 13.8. The lowest BCUT2D eigenvalue weighted by molar-refractivity contribution is -0.137. The molecule has 0 N–H and O–H groups in total. The van der Waals surface area contributed by atoms with E-state index in [1.54, 1.807) is 4.90 Å². The molecular formula is C29H52N4O5SSi. The Hall–Kier alpha value is -1.43. The first-order valence-corrected chi connectivity index (χ1v) is 20.9. The van der Waals surface area contributed by atoms with Crippen molar-refractivity contribution in [1.82, 2.24) is 19.6 Å². The van der Waals surface area contributed by atoms with Crippen LogP contribution in [0.5, 0.6) is 0 Å². The summed E-state index contributed by atoms with van der Waals surface area (Å²) in [6, 6.07) is 1.16. The lowest BCUT2D eigenvalue weighted by Crippen LogP contribution is -2.57. The molecule has 9 nitrogen and oxygen atoms in total. The van der Waals surface area contributed by atoms with Crippen LogP contribution in [0.15, 0.2) is 12.3 Å². The molecule has 1 spiro atoms. The van der Waals surface area contributed by atoms with Gasteiger partial charge in [-0.25, -0.2) is 18.1 Å². The first-order valence-electron chi connectivity index (χ1n) is 15.3. The molecule has 0 aromatic heterocycles. The van der Waals surface area contributed by atoms with Gasteiger partial charge in [0.2, 0.25) is 0 Å². The normalized spacial score (nSPS) is 29.1. The van der Waals surface area contributed by atoms with E-state index >= 15 is 0 Å². The van der Waals surface area contributed by atoms with Crippen molar-refractivity contribution < 1.29 is 22.7 Å². The Balaban J connectivity index is 1.42. The number of carbonyl (C=O) groups is 2. The summed E-state index contributed by atoms with van der Waals surface area (Å²) in [5.74, 6) is -0.379. The summed E-state index contributed by atoms with van der Waals surface area (Å²) in [6.07, 6.45) is 11.3. The highest BCUT2D eigenvalue weighted by atomic mass is 32.2. The molecule has 0 radical (unpaired) electrons. The van der Waals surface area contributed by atoms with Gasteiger partial charge in [-0.1, -0.05) is 46.0 Å². The van der Waals surface area contributed by atoms with E-state index in [4.69, 9.17) is 4.74 Å². The van der Waals surface area contributed by atoms with Crippen molar-refractivity contribution in [2.24, 2.45) is 5.41 Å². The molecule has 1 saturated carbocycles. The van der Waals surface area contributed by atoms with Crippen molar-refractivity contribution >= 4 is 29.8 Å². The van der Waals surface area contributed by atoms with Gasteiger partial charge in [0.05, 0.1) is 18.2 Å². The maximum atomic E-state index is 13.8. The van der Waals surface area contributed by atoms with Gasteiger partial charge in [-0.15, -0.1) is 0 Å². The molecule has 3 aliphatic heterocycles. The minimum atomic E-state index is -3.19. The van der Waals surface area contributed by atoms with Crippen LogP contribution in [0.1, 0.15) is 65.2 Å². The number of sulfone groups is 1. The van der Waals surface area contributed by atoms with Crippen molar-refractivity contribution in [3.63, 3.8) is 0 Å². The Morgan fingerprint density at radius 2 is 1.75 bits per heavy atom. The summed E-state index contributed by atoms with van der Waals surface area (Å²) >= 11 is 0. The molecule has 4 aliphatic rings. The van der Waals surface area contributed by atoms with E-state index in [2.05, 4.69) is 55.6 Å². The molecule has 40 heavy (non-hydrogen) atoms. The highest BCUT2D eigenvalue weighted by Crippen LogP contribution is 2.44. The number of carbonyl (C=O) groups excluding carboxylic acids is 2. The fourth-order valence-electron chi connectivity index (χ4n) is 6.65. The van der Waals surface area contributed by atoms with Crippen LogP contribution in [0.3, 0.4) is 0 Å². The molecule has 0 atom stereocenters. The number of unbranched alkanes of at least 4 members (excludes halogenated alkanes) is 1. The number of nitrogens with zero attached hydrogens (tertiary/aromatic N) is 4. The summed E-state index contributed by atoms with van der Waals surface area (Å²) in [5.41, 5.74) is -1.18. The number of rotatable bonds is 11. The smallest absolute Gasteiger partial charge is 0.329 e. The Morgan fingerprint density at radius 3 is 2.38 bits per heavy atom. The zero-order valence-electron chi connectivity index (χ0n) is 25.5. The van der Waals surface area contributed by atoms with Gasteiger partial charge in [0.15, 0.2) is 9.84 Å². The SMILES string of the molecule is CCCCN1C=CCN(C2CCC(C)(CN3C(=O)N(COCC[Si](C)(C)C)C(=O)C34CCS(=O)(=O)CC4)CC2)C1. The number of ether oxygens (including phenoxy) is 1. The number of hydrogen-bond acceptors (Lipinski definition) is 7. The molecule has 3 amide bonds. The Labute approximate surface area is 243 Å². The molecule has 4 rings (SSSR count). The third-order valence-electron chi connectivity index (χ3n) is 9.53. The fourth-order valence-corrected chi connectivity index (χ4v) is 8.91. The van der Waals surface area contributed by atoms with Crippen LogP contribution in [0.4, 0.5) is 4.79 Å². The molecule has 0 bridgehead atoms. The van der Waals surface area contributed by atoms with Crippen molar-refractivity contribution in [2.45, 2.75) is 102 Å². The van der Waals surface area contributed by atoms with E-state index in [9.17, 15) is 18.0 Å². The third kappa shape index (κ3) is 7.31. The lowest BCUT2D eigenvalue weighted by Gasteiger charge is -2.47. The molecule has 3 heterocycles. The maximum Gasteiger partial charge on any atom is 0.329 e. The number of hydrogen-bond donors (Lipinski definition) is 0. The molecule has 1 aliphatic carbocycles. The molecule has 11 heteroatoms. The average Bonchev–Trinajstić information content (AvgIpc) is 3.08. The highest BCUT2D eigenvalue weighted by molar-refractivity contribution is 7.91. The summed E-state index contributed by atoms with van der Waals surface area (Å²) < 4.78 is 30.5. The predicted molar refractivity (Wildman–Crippen MR) is 161 cm³/mol. The van der Waals surface area contributed by atoms with E-state index in [1.165, 1.54) is 17.7 Å². The summed E-state index contributed by atoms with van der Waals surface area (Å²) in [5, 5.41) is 0. The van der Waals surface area contributed by atoms with Crippen molar-refractivity contribution in [3.8, 4) is 0 Å². The van der Waals surface area contributed by atoms with Crippen LogP contribution in [-0.4, -0.2) is 111 Å². The van der Waals surface area contributed by atoms with Gasteiger partial charge in [0, 0.05) is 40.4 Å². The van der Waals surface area contributed by atoms with E-state index in [1.807, 2.05) is 0 Å². The molecular weight excluding hydrogens is 544 g/mol. The van der Waals surface area contributed by atoms with Crippen LogP contribution in [0.25, 0.3) is 0 Å². The zero-order chi connectivity index (χ0) is 29.2. The van der Waals surface area contributed by atoms with E-state index in [0.29, 0.717) is 19.2 Å². The quantitative estimate of drug-likeness (QED) is 0.199. The van der Waals surface area contributed by atoms with Crippen LogP contribution in [0.2, 0.25) is 25.7 Å². The third-order valence-corrected chi connectivity index (χ3v) is 12.9. The molecule has 3 fully saturated rings. The Bertz CT molecular complexity index is 1040. The zero-order valence-corrected chi connectivity index (χ0v) is 27.3. The van der Waals surface area contributed by atoms with Crippen LogP contribution < -0.4 is 0 Å². The van der Waals surface area contributed by atoms with Gasteiger partial charge in [0.1, 0.15) is 12.3 Å². The molecule has 0 unspecified atom stereocenters. The van der Waals surface area contributed by atoms with Crippen LogP contribution in [0, 0.1) is 5.41 Å². The van der Waals surface area contributed by atoms with Gasteiger partial charge < -0.3 is 14.5 Å². The standard InChI is InChI=1S/C29H52N4O5SSi/c1-6-7-15-30-16-8-17-31(23-30)25-9-11-28(2,12-10-25)22-33-27(35)32(24-38-18-21-40(3,4)5)26(34)29(33)13-19-39(36,37)20-14-29/h8,16,25H,6-7,9-15,17-24H2,1-5H3. The average molecular weight is 597 g/mol. The number of amides is 3. The van der Waals surface area contributed by atoms with Crippen molar-refractivity contribution in [1.29, 1.82) is 0 Å². The van der Waals surface area contributed by atoms with Crippen molar-refractivity contribution in [2.75, 3.05) is 51.1 Å². The van der Waals surface area contributed by atoms with Crippen molar-refractivity contribution in [3.05, 3.63) is 12.3 Å². The second kappa shape index (κ2) is 12.4. The summed E-state index contributed by atoms with van der Waals surface area (Å²) in [4.78, 5) is 35.6. The van der Waals surface area contributed by atoms with Gasteiger partial charge in [-0.3, -0.25) is 9.69 Å². The first kappa shape index (κ1) is 31.5. The van der Waals surface area contributed by atoms with Gasteiger partial charge >= 0.3 is 6.03 Å². The minimum absolute atomic E-state index is 0.0526. The monoisotopic (exact) mass is 596 g/mol. The molecule has 2 saturated heterocycles. The summed E-state index contributed by atoms with van der Waals surface area (Å²) in [6.45, 7) is 15.3. The van der Waals surface area contributed by atoms with E-state index in [-0.39, 0.29) is 48.4 Å². The Kier molecular flexibility index (Phi) is 9.79. The van der Waals surface area contributed by atoms with Gasteiger partial charge in [-0.2, -0.15) is 0 Å². The van der Waals surface area contributed by atoms with Crippen LogP contribution >= 0.6 is 0 Å². The van der Waals surface area contributed by atoms with Crippen LogP contribution in [-0.2, 0) is 19.4 Å². The highest BCUT2D eigenvalue weighted by Gasteiger charge is 2.60. The molecule has 0 aromatic rings. The summed E-state index contributed by atoms with van der Waals surface area (Å²) in [7, 11) is -4.50. The van der Waals surface area contributed by atoms with E-state index in [0.717, 1.165) is 51.5 Å². The first-order chi connectivity index (χ1) is 18.8. The van der Waals surface area contributed by atoms with Gasteiger partial charge in [0.25, 0.3) is 5.91 Å². The Morgan fingerprint density at radius 1 is 1.07 bits per heavy atom. The topological polar surface area (TPSA) is 90.5 Å². The second-order valence-electron chi connectivity index (χ2n) is 14.1. The largest absolute Gasteiger partial charge is 0.365 e. The van der Waals surface area contributed by atoms with E-state index < -0.39 is 23.5 Å². The fraction of sp³-hybridized carbons (Fsp3) is 0.862. The number of urea groups is 1. The molecule has 0 aromatic carbocycles. The predicted octanol–water partition coefficient (Wildman–Crippen LogP) is 4.35. The lowest BCUT2D eigenvalue weighted by atomic mass is 9.72. The van der Waals surface area contributed by atoms with Gasteiger partial charge in [-0.05, 0) is 62.6 Å². The number of imide groups is 1. The minimum Gasteiger partial charge on any atom is -0.365 e.